The third-order valence-electron chi connectivity index (χ3n) is 5.59. The first-order chi connectivity index (χ1) is 14.7. The summed E-state index contributed by atoms with van der Waals surface area (Å²) in [6, 6.07) is 11.6. The summed E-state index contributed by atoms with van der Waals surface area (Å²) < 4.78 is 25.6. The Hall–Kier alpha value is -2.19. The van der Waals surface area contributed by atoms with E-state index in [9.17, 15) is 13.2 Å². The van der Waals surface area contributed by atoms with Crippen molar-refractivity contribution in [3.05, 3.63) is 63.7 Å². The molecule has 0 aliphatic carbocycles. The third kappa shape index (κ3) is 6.90. The number of anilines is 1. The van der Waals surface area contributed by atoms with Crippen LogP contribution in [0.3, 0.4) is 0 Å². The zero-order valence-electron chi connectivity index (χ0n) is 17.9. The van der Waals surface area contributed by atoms with E-state index in [1.807, 2.05) is 43.5 Å². The van der Waals surface area contributed by atoms with Gasteiger partial charge in [0.15, 0.2) is 9.84 Å². The molecule has 0 atom stereocenters. The number of benzene rings is 1. The lowest BCUT2D eigenvalue weighted by atomic mass is 10.0. The van der Waals surface area contributed by atoms with Crippen LogP contribution in [0.5, 0.6) is 0 Å². The molecule has 1 aliphatic rings. The largest absolute Gasteiger partial charge is 0.371 e. The fourth-order valence-electron chi connectivity index (χ4n) is 3.67. The van der Waals surface area contributed by atoms with Crippen molar-refractivity contribution in [2.24, 2.45) is 0 Å². The number of hydrogen-bond acceptors (Lipinski definition) is 5. The Morgan fingerprint density at radius 2 is 1.90 bits per heavy atom. The average Bonchev–Trinajstić information content (AvgIpc) is 2.77. The molecule has 0 radical (unpaired) electrons. The molecular formula is C23H28BrN3O3S. The highest BCUT2D eigenvalue weighted by Gasteiger charge is 2.26. The number of aryl methyl sites for hydroxylation is 1. The van der Waals surface area contributed by atoms with Gasteiger partial charge in [-0.05, 0) is 55.7 Å². The number of carbonyl (C=O) groups excluding carboxylic acids is 1. The van der Waals surface area contributed by atoms with Gasteiger partial charge in [-0.15, -0.1) is 0 Å². The molecule has 3 rings (SSSR count). The standard InChI is InChI=1S/C23H28BrN3O3S/c1-18-17-22(7-12-25-18)27-13-8-21(9-14-27)26(2)23(28)11-16-31(29,30)15-10-19-3-5-20(24)6-4-19/h3-7,10,12,15,17,21H,8-9,11,13-14,16H2,1-2H3. The molecule has 0 saturated carbocycles. The maximum Gasteiger partial charge on any atom is 0.223 e. The minimum atomic E-state index is -3.45. The van der Waals surface area contributed by atoms with Crippen molar-refractivity contribution in [2.45, 2.75) is 32.2 Å². The monoisotopic (exact) mass is 505 g/mol. The quantitative estimate of drug-likeness (QED) is 0.567. The van der Waals surface area contributed by atoms with Gasteiger partial charge in [-0.2, -0.15) is 0 Å². The molecule has 0 spiro atoms. The van der Waals surface area contributed by atoms with E-state index in [1.165, 1.54) is 5.41 Å². The van der Waals surface area contributed by atoms with Gasteiger partial charge in [0.05, 0.1) is 5.75 Å². The second-order valence-electron chi connectivity index (χ2n) is 7.85. The first kappa shape index (κ1) is 23.5. The summed E-state index contributed by atoms with van der Waals surface area (Å²) in [4.78, 5) is 20.9. The summed E-state index contributed by atoms with van der Waals surface area (Å²) in [6.07, 6.45) is 5.09. The molecule has 2 aromatic rings. The van der Waals surface area contributed by atoms with Gasteiger partial charge >= 0.3 is 0 Å². The molecule has 2 heterocycles. The highest BCUT2D eigenvalue weighted by molar-refractivity contribution is 9.10. The number of rotatable bonds is 7. The normalized spacial score (nSPS) is 15.4. The molecule has 1 fully saturated rings. The molecule has 0 unspecified atom stereocenters. The molecule has 1 aromatic carbocycles. The summed E-state index contributed by atoms with van der Waals surface area (Å²) in [6.45, 7) is 3.70. The number of nitrogens with zero attached hydrogens (tertiary/aromatic N) is 3. The Bertz CT molecular complexity index is 1030. The summed E-state index contributed by atoms with van der Waals surface area (Å²) in [7, 11) is -1.67. The molecular weight excluding hydrogens is 478 g/mol. The Labute approximate surface area is 193 Å². The third-order valence-corrected chi connectivity index (χ3v) is 7.44. The van der Waals surface area contributed by atoms with Crippen LogP contribution in [0, 0.1) is 6.92 Å². The summed E-state index contributed by atoms with van der Waals surface area (Å²) >= 11 is 3.35. The fraction of sp³-hybridized carbons (Fsp3) is 0.391. The highest BCUT2D eigenvalue weighted by Crippen LogP contribution is 2.22. The van der Waals surface area contributed by atoms with Crippen molar-refractivity contribution in [3.8, 4) is 0 Å². The van der Waals surface area contributed by atoms with Crippen molar-refractivity contribution < 1.29 is 13.2 Å². The van der Waals surface area contributed by atoms with Crippen LogP contribution < -0.4 is 4.90 Å². The first-order valence-electron chi connectivity index (χ1n) is 10.3. The summed E-state index contributed by atoms with van der Waals surface area (Å²) in [5, 5.41) is 1.19. The lowest BCUT2D eigenvalue weighted by Gasteiger charge is -2.38. The lowest BCUT2D eigenvalue weighted by molar-refractivity contribution is -0.131. The van der Waals surface area contributed by atoms with Gasteiger partial charge in [0.25, 0.3) is 0 Å². The predicted octanol–water partition coefficient (Wildman–Crippen LogP) is 4.06. The van der Waals surface area contributed by atoms with Gasteiger partial charge in [0, 0.05) is 60.1 Å². The number of piperidine rings is 1. The smallest absolute Gasteiger partial charge is 0.223 e. The van der Waals surface area contributed by atoms with Gasteiger partial charge in [-0.3, -0.25) is 9.78 Å². The summed E-state index contributed by atoms with van der Waals surface area (Å²) in [5.74, 6) is -0.308. The molecule has 1 saturated heterocycles. The molecule has 0 bridgehead atoms. The Morgan fingerprint density at radius 3 is 2.55 bits per heavy atom. The van der Waals surface area contributed by atoms with Crippen molar-refractivity contribution in [3.63, 3.8) is 0 Å². The van der Waals surface area contributed by atoms with E-state index in [0.29, 0.717) is 0 Å². The van der Waals surface area contributed by atoms with Gasteiger partial charge < -0.3 is 9.80 Å². The molecule has 8 heteroatoms. The maximum atomic E-state index is 12.6. The number of pyridine rings is 1. The number of amides is 1. The van der Waals surface area contributed by atoms with Crippen LogP contribution in [-0.4, -0.2) is 56.1 Å². The summed E-state index contributed by atoms with van der Waals surface area (Å²) in [5.41, 5.74) is 2.94. The van der Waals surface area contributed by atoms with E-state index in [0.717, 1.165) is 47.3 Å². The fourth-order valence-corrected chi connectivity index (χ4v) is 4.90. The topological polar surface area (TPSA) is 70.6 Å². The van der Waals surface area contributed by atoms with Gasteiger partial charge in [0.2, 0.25) is 5.91 Å². The van der Waals surface area contributed by atoms with Crippen molar-refractivity contribution in [1.82, 2.24) is 9.88 Å². The van der Waals surface area contributed by atoms with Crippen molar-refractivity contribution in [1.29, 1.82) is 0 Å². The molecule has 6 nitrogen and oxygen atoms in total. The van der Waals surface area contributed by atoms with E-state index in [-0.39, 0.29) is 24.1 Å². The van der Waals surface area contributed by atoms with Crippen LogP contribution in [-0.2, 0) is 14.6 Å². The van der Waals surface area contributed by atoms with Crippen LogP contribution in [0.2, 0.25) is 0 Å². The molecule has 0 N–H and O–H groups in total. The van der Waals surface area contributed by atoms with Crippen LogP contribution >= 0.6 is 15.9 Å². The maximum absolute atomic E-state index is 12.6. The van der Waals surface area contributed by atoms with E-state index in [4.69, 9.17) is 0 Å². The number of sulfone groups is 1. The Morgan fingerprint density at radius 1 is 1.23 bits per heavy atom. The predicted molar refractivity (Wildman–Crippen MR) is 129 cm³/mol. The minimum absolute atomic E-state index is 0.00667. The lowest BCUT2D eigenvalue weighted by Crippen LogP contribution is -2.46. The van der Waals surface area contributed by atoms with Gasteiger partial charge in [-0.25, -0.2) is 8.42 Å². The van der Waals surface area contributed by atoms with Gasteiger partial charge in [0.1, 0.15) is 0 Å². The highest BCUT2D eigenvalue weighted by atomic mass is 79.9. The number of hydrogen-bond donors (Lipinski definition) is 0. The Kier molecular flexibility index (Phi) is 7.89. The van der Waals surface area contributed by atoms with Crippen LogP contribution in [0.4, 0.5) is 5.69 Å². The number of halogens is 1. The van der Waals surface area contributed by atoms with Crippen LogP contribution in [0.1, 0.15) is 30.5 Å². The average molecular weight is 506 g/mol. The molecule has 1 amide bonds. The minimum Gasteiger partial charge on any atom is -0.371 e. The number of carbonyl (C=O) groups is 1. The van der Waals surface area contributed by atoms with E-state index in [1.54, 1.807) is 18.0 Å². The zero-order valence-corrected chi connectivity index (χ0v) is 20.3. The second-order valence-corrected chi connectivity index (χ2v) is 10.8. The molecule has 31 heavy (non-hydrogen) atoms. The number of aromatic nitrogens is 1. The molecule has 1 aliphatic heterocycles. The first-order valence-corrected chi connectivity index (χ1v) is 12.8. The van der Waals surface area contributed by atoms with E-state index in [2.05, 4.69) is 31.9 Å². The van der Waals surface area contributed by atoms with E-state index < -0.39 is 9.84 Å². The second kappa shape index (κ2) is 10.4. The van der Waals surface area contributed by atoms with Crippen molar-refractivity contribution in [2.75, 3.05) is 30.8 Å². The SMILES string of the molecule is Cc1cc(N2CCC(N(C)C(=O)CCS(=O)(=O)C=Cc3ccc(Br)cc3)CC2)ccn1. The zero-order chi connectivity index (χ0) is 22.4. The van der Waals surface area contributed by atoms with Gasteiger partial charge in [-0.1, -0.05) is 28.1 Å². The van der Waals surface area contributed by atoms with Crippen LogP contribution in [0.25, 0.3) is 6.08 Å². The van der Waals surface area contributed by atoms with Crippen LogP contribution in [0.15, 0.2) is 52.5 Å². The van der Waals surface area contributed by atoms with E-state index >= 15 is 0 Å². The molecule has 1 aromatic heterocycles. The van der Waals surface area contributed by atoms with Crippen molar-refractivity contribution >= 4 is 43.4 Å². The Balaban J connectivity index is 1.48. The molecule has 166 valence electrons.